The van der Waals surface area contributed by atoms with Gasteiger partial charge in [0.2, 0.25) is 0 Å². The van der Waals surface area contributed by atoms with Gasteiger partial charge in [-0.25, -0.2) is 9.07 Å². The summed E-state index contributed by atoms with van der Waals surface area (Å²) in [5.41, 5.74) is 12.0. The zero-order valence-electron chi connectivity index (χ0n) is 13.6. The monoisotopic (exact) mass is 309 g/mol. The fraction of sp³-hybridized carbons (Fsp3) is 0.211. The van der Waals surface area contributed by atoms with Crippen molar-refractivity contribution in [3.05, 3.63) is 70.8 Å². The quantitative estimate of drug-likeness (QED) is 0.793. The molecule has 2 N–H and O–H groups in total. The van der Waals surface area contributed by atoms with Gasteiger partial charge in [0.25, 0.3) is 0 Å². The topological polar surface area (TPSA) is 43.8 Å². The van der Waals surface area contributed by atoms with Gasteiger partial charge in [-0.3, -0.25) is 0 Å². The third-order valence-electron chi connectivity index (χ3n) is 4.17. The molecule has 0 atom stereocenters. The molecule has 0 saturated carbocycles. The second-order valence-corrected chi connectivity index (χ2v) is 5.79. The smallest absolute Gasteiger partial charge is 0.126 e. The van der Waals surface area contributed by atoms with E-state index >= 15 is 0 Å². The lowest BCUT2D eigenvalue weighted by Gasteiger charge is -2.07. The van der Waals surface area contributed by atoms with E-state index in [2.05, 4.69) is 5.10 Å². The van der Waals surface area contributed by atoms with Crippen LogP contribution in [0, 0.1) is 26.6 Å². The lowest BCUT2D eigenvalue weighted by atomic mass is 10.0. The minimum atomic E-state index is -0.193. The maximum Gasteiger partial charge on any atom is 0.126 e. The Labute approximate surface area is 135 Å². The van der Waals surface area contributed by atoms with E-state index in [0.717, 1.165) is 33.8 Å². The number of hydrogen-bond donors (Lipinski definition) is 1. The third kappa shape index (κ3) is 2.78. The van der Waals surface area contributed by atoms with Crippen LogP contribution in [0.2, 0.25) is 0 Å². The SMILES string of the molecule is Cc1ccc(-c2c(C)nn(-c3ccc(CN)cc3)c2C)cc1F. The molecule has 0 aliphatic heterocycles. The summed E-state index contributed by atoms with van der Waals surface area (Å²) in [7, 11) is 0. The van der Waals surface area contributed by atoms with Crippen LogP contribution in [-0.2, 0) is 6.54 Å². The highest BCUT2D eigenvalue weighted by Crippen LogP contribution is 2.29. The van der Waals surface area contributed by atoms with Gasteiger partial charge in [-0.15, -0.1) is 0 Å². The Kier molecular flexibility index (Phi) is 4.01. The maximum absolute atomic E-state index is 13.9. The summed E-state index contributed by atoms with van der Waals surface area (Å²) >= 11 is 0. The second-order valence-electron chi connectivity index (χ2n) is 5.79. The van der Waals surface area contributed by atoms with E-state index in [1.54, 1.807) is 19.1 Å². The highest BCUT2D eigenvalue weighted by molar-refractivity contribution is 5.69. The Balaban J connectivity index is 2.09. The zero-order chi connectivity index (χ0) is 16.6. The van der Waals surface area contributed by atoms with Crippen LogP contribution in [0.15, 0.2) is 42.5 Å². The second kappa shape index (κ2) is 5.97. The van der Waals surface area contributed by atoms with E-state index in [0.29, 0.717) is 12.1 Å². The summed E-state index contributed by atoms with van der Waals surface area (Å²) in [4.78, 5) is 0. The van der Waals surface area contributed by atoms with Crippen molar-refractivity contribution in [2.24, 2.45) is 5.73 Å². The van der Waals surface area contributed by atoms with E-state index in [-0.39, 0.29) is 5.82 Å². The average molecular weight is 309 g/mol. The van der Waals surface area contributed by atoms with Crippen molar-refractivity contribution in [2.75, 3.05) is 0 Å². The van der Waals surface area contributed by atoms with E-state index in [4.69, 9.17) is 5.73 Å². The Bertz CT molecular complexity index is 848. The molecule has 0 unspecified atom stereocenters. The van der Waals surface area contributed by atoms with Crippen LogP contribution in [0.4, 0.5) is 4.39 Å². The Morgan fingerprint density at radius 2 is 1.74 bits per heavy atom. The number of nitrogens with zero attached hydrogens (tertiary/aromatic N) is 2. The number of rotatable bonds is 3. The molecule has 23 heavy (non-hydrogen) atoms. The minimum absolute atomic E-state index is 0.193. The van der Waals surface area contributed by atoms with Gasteiger partial charge in [-0.05, 0) is 55.7 Å². The van der Waals surface area contributed by atoms with Crippen molar-refractivity contribution in [2.45, 2.75) is 27.3 Å². The molecule has 0 aliphatic rings. The first-order valence-electron chi connectivity index (χ1n) is 7.63. The molecule has 0 radical (unpaired) electrons. The average Bonchev–Trinajstić information content (AvgIpc) is 2.85. The largest absolute Gasteiger partial charge is 0.326 e. The molecule has 4 heteroatoms. The summed E-state index contributed by atoms with van der Waals surface area (Å²) in [6.07, 6.45) is 0. The molecular weight excluding hydrogens is 289 g/mol. The van der Waals surface area contributed by atoms with Crippen LogP contribution in [-0.4, -0.2) is 9.78 Å². The highest BCUT2D eigenvalue weighted by Gasteiger charge is 2.15. The van der Waals surface area contributed by atoms with Crippen LogP contribution >= 0.6 is 0 Å². The molecule has 118 valence electrons. The third-order valence-corrected chi connectivity index (χ3v) is 4.17. The van der Waals surface area contributed by atoms with Crippen molar-refractivity contribution in [1.82, 2.24) is 9.78 Å². The molecule has 0 spiro atoms. The Hall–Kier alpha value is -2.46. The lowest BCUT2D eigenvalue weighted by molar-refractivity contribution is 0.619. The van der Waals surface area contributed by atoms with E-state index in [1.165, 1.54) is 0 Å². The summed E-state index contributed by atoms with van der Waals surface area (Å²) in [5, 5.41) is 4.63. The predicted octanol–water partition coefficient (Wildman–Crippen LogP) is 4.06. The first-order chi connectivity index (χ1) is 11.0. The van der Waals surface area contributed by atoms with Gasteiger partial charge in [0.05, 0.1) is 11.4 Å². The molecule has 2 aromatic carbocycles. The molecule has 0 amide bonds. The molecule has 3 aromatic rings. The summed E-state index contributed by atoms with van der Waals surface area (Å²) in [5.74, 6) is -0.193. The molecule has 0 aliphatic carbocycles. The molecule has 1 heterocycles. The van der Waals surface area contributed by atoms with Gasteiger partial charge in [-0.1, -0.05) is 24.3 Å². The van der Waals surface area contributed by atoms with E-state index < -0.39 is 0 Å². The molecule has 3 rings (SSSR count). The fourth-order valence-corrected chi connectivity index (χ4v) is 2.83. The molecule has 0 saturated heterocycles. The molecule has 3 nitrogen and oxygen atoms in total. The normalized spacial score (nSPS) is 11.0. The summed E-state index contributed by atoms with van der Waals surface area (Å²) < 4.78 is 15.8. The van der Waals surface area contributed by atoms with Gasteiger partial charge in [0.15, 0.2) is 0 Å². The standard InChI is InChI=1S/C19H20FN3/c1-12-4-7-16(10-18(12)20)19-13(2)22-23(14(19)3)17-8-5-15(11-21)6-9-17/h4-10H,11,21H2,1-3H3. The number of aromatic nitrogens is 2. The van der Waals surface area contributed by atoms with Crippen LogP contribution in [0.25, 0.3) is 16.8 Å². The minimum Gasteiger partial charge on any atom is -0.326 e. The number of aryl methyl sites for hydroxylation is 2. The van der Waals surface area contributed by atoms with Crippen molar-refractivity contribution >= 4 is 0 Å². The van der Waals surface area contributed by atoms with Crippen LogP contribution in [0.3, 0.4) is 0 Å². The van der Waals surface area contributed by atoms with Crippen molar-refractivity contribution in [3.63, 3.8) is 0 Å². The first kappa shape index (κ1) is 15.4. The van der Waals surface area contributed by atoms with Crippen LogP contribution < -0.4 is 5.73 Å². The summed E-state index contributed by atoms with van der Waals surface area (Å²) in [6, 6.07) is 13.3. The lowest BCUT2D eigenvalue weighted by Crippen LogP contribution is -2.01. The first-order valence-corrected chi connectivity index (χ1v) is 7.63. The molecule has 1 aromatic heterocycles. The van der Waals surface area contributed by atoms with Crippen LogP contribution in [0.1, 0.15) is 22.5 Å². The van der Waals surface area contributed by atoms with Gasteiger partial charge in [0, 0.05) is 17.8 Å². The molecule has 0 bridgehead atoms. The fourth-order valence-electron chi connectivity index (χ4n) is 2.83. The highest BCUT2D eigenvalue weighted by atomic mass is 19.1. The maximum atomic E-state index is 13.9. The summed E-state index contributed by atoms with van der Waals surface area (Å²) in [6.45, 7) is 6.24. The van der Waals surface area contributed by atoms with Gasteiger partial charge < -0.3 is 5.73 Å². The van der Waals surface area contributed by atoms with Gasteiger partial charge in [-0.2, -0.15) is 5.10 Å². The van der Waals surface area contributed by atoms with E-state index in [9.17, 15) is 4.39 Å². The van der Waals surface area contributed by atoms with Crippen molar-refractivity contribution in [3.8, 4) is 16.8 Å². The van der Waals surface area contributed by atoms with Gasteiger partial charge in [0.1, 0.15) is 5.82 Å². The predicted molar refractivity (Wildman–Crippen MR) is 91.1 cm³/mol. The molecule has 0 fully saturated rings. The van der Waals surface area contributed by atoms with Gasteiger partial charge >= 0.3 is 0 Å². The number of halogens is 1. The van der Waals surface area contributed by atoms with Crippen LogP contribution in [0.5, 0.6) is 0 Å². The number of benzene rings is 2. The Morgan fingerprint density at radius 3 is 2.35 bits per heavy atom. The van der Waals surface area contributed by atoms with Crippen molar-refractivity contribution in [1.29, 1.82) is 0 Å². The molecular formula is C19H20FN3. The van der Waals surface area contributed by atoms with E-state index in [1.807, 2.05) is 48.9 Å². The zero-order valence-corrected chi connectivity index (χ0v) is 13.6. The van der Waals surface area contributed by atoms with Crippen molar-refractivity contribution < 1.29 is 4.39 Å². The Morgan fingerprint density at radius 1 is 1.04 bits per heavy atom. The number of nitrogens with two attached hydrogens (primary N) is 1. The number of hydrogen-bond acceptors (Lipinski definition) is 2.